The minimum atomic E-state index is -0.802. The Balaban J connectivity index is 1.54. The number of para-hydroxylation sites is 2. The topological polar surface area (TPSA) is 58.6 Å². The van der Waals surface area contributed by atoms with Gasteiger partial charge in [-0.3, -0.25) is 14.5 Å². The Labute approximate surface area is 226 Å². The highest BCUT2D eigenvalue weighted by Crippen LogP contribution is 2.48. The molecule has 1 amide bonds. The van der Waals surface area contributed by atoms with Gasteiger partial charge in [0.25, 0.3) is 5.91 Å². The van der Waals surface area contributed by atoms with Gasteiger partial charge in [0.05, 0.1) is 24.5 Å². The van der Waals surface area contributed by atoms with E-state index in [1.165, 1.54) is 12.1 Å². The van der Waals surface area contributed by atoms with Crippen molar-refractivity contribution < 1.29 is 18.7 Å². The Morgan fingerprint density at radius 3 is 2.36 bits per heavy atom. The SMILES string of the molecule is COc1ccc(C2CC(=O)C3=C(C2)Nc2ccccc2N(C(=O)c2ccccc2)C3c2cccc(F)c2)cc1. The zero-order valence-electron chi connectivity index (χ0n) is 21.4. The first-order valence-electron chi connectivity index (χ1n) is 12.9. The lowest BCUT2D eigenvalue weighted by Gasteiger charge is -2.35. The third-order valence-electron chi connectivity index (χ3n) is 7.48. The standard InChI is InChI=1S/C33H27FN2O3/c1-39-26-16-14-21(15-17-26)24-19-28-31(30(37)20-24)32(23-10-7-11-25(34)18-23)36(29-13-6-5-12-27(29)35-28)33(38)22-8-3-2-4-9-22/h2-18,24,32,35H,19-20H2,1H3. The Morgan fingerprint density at radius 2 is 1.62 bits per heavy atom. The second kappa shape index (κ2) is 10.2. The van der Waals surface area contributed by atoms with E-state index in [2.05, 4.69) is 5.32 Å². The number of allylic oxidation sites excluding steroid dienone is 1. The minimum absolute atomic E-state index is 0.0497. The number of rotatable bonds is 4. The van der Waals surface area contributed by atoms with Crippen LogP contribution in [0.25, 0.3) is 0 Å². The lowest BCUT2D eigenvalue weighted by atomic mass is 9.78. The summed E-state index contributed by atoms with van der Waals surface area (Å²) in [7, 11) is 1.62. The van der Waals surface area contributed by atoms with Crippen molar-refractivity contribution in [1.82, 2.24) is 0 Å². The highest BCUT2D eigenvalue weighted by Gasteiger charge is 2.42. The molecule has 4 aromatic carbocycles. The first-order chi connectivity index (χ1) is 19.0. The predicted octanol–water partition coefficient (Wildman–Crippen LogP) is 7.05. The van der Waals surface area contributed by atoms with Crippen LogP contribution in [0.4, 0.5) is 15.8 Å². The number of nitrogens with zero attached hydrogens (tertiary/aromatic N) is 1. The second-order valence-corrected chi connectivity index (χ2v) is 9.83. The van der Waals surface area contributed by atoms with Crippen LogP contribution in [-0.2, 0) is 4.79 Å². The molecular weight excluding hydrogens is 491 g/mol. The summed E-state index contributed by atoms with van der Waals surface area (Å²) in [6.45, 7) is 0. The van der Waals surface area contributed by atoms with E-state index in [0.29, 0.717) is 28.8 Å². The molecule has 2 atom stereocenters. The number of benzene rings is 4. The Kier molecular flexibility index (Phi) is 6.45. The fourth-order valence-corrected chi connectivity index (χ4v) is 5.64. The van der Waals surface area contributed by atoms with Gasteiger partial charge in [-0.15, -0.1) is 0 Å². The molecule has 1 heterocycles. The largest absolute Gasteiger partial charge is 0.497 e. The number of ketones is 1. The van der Waals surface area contributed by atoms with E-state index in [9.17, 15) is 14.0 Å². The van der Waals surface area contributed by atoms with Crippen molar-refractivity contribution in [3.8, 4) is 5.75 Å². The van der Waals surface area contributed by atoms with Crippen molar-refractivity contribution in [2.75, 3.05) is 17.3 Å². The van der Waals surface area contributed by atoms with Gasteiger partial charge in [-0.25, -0.2) is 4.39 Å². The van der Waals surface area contributed by atoms with E-state index in [1.807, 2.05) is 66.7 Å². The number of halogens is 1. The summed E-state index contributed by atoms with van der Waals surface area (Å²) >= 11 is 0. The Morgan fingerprint density at radius 1 is 0.872 bits per heavy atom. The summed E-state index contributed by atoms with van der Waals surface area (Å²) in [6, 6.07) is 29.6. The molecule has 6 rings (SSSR count). The van der Waals surface area contributed by atoms with Gasteiger partial charge in [0.1, 0.15) is 11.6 Å². The average Bonchev–Trinajstić information content (AvgIpc) is 3.12. The summed E-state index contributed by atoms with van der Waals surface area (Å²) in [5, 5.41) is 3.51. The number of methoxy groups -OCH3 is 1. The number of ether oxygens (including phenoxy) is 1. The fourth-order valence-electron chi connectivity index (χ4n) is 5.64. The van der Waals surface area contributed by atoms with E-state index in [0.717, 1.165) is 22.7 Å². The maximum absolute atomic E-state index is 14.6. The van der Waals surface area contributed by atoms with E-state index in [1.54, 1.807) is 36.3 Å². The first-order valence-corrected chi connectivity index (χ1v) is 12.9. The number of hydrogen-bond donors (Lipinski definition) is 1. The first kappa shape index (κ1) is 24.6. The Hall–Kier alpha value is -4.71. The molecule has 0 aromatic heterocycles. The van der Waals surface area contributed by atoms with Gasteiger partial charge in [-0.05, 0) is 72.0 Å². The van der Waals surface area contributed by atoms with E-state index in [4.69, 9.17) is 4.74 Å². The molecule has 39 heavy (non-hydrogen) atoms. The molecule has 2 aliphatic rings. The van der Waals surface area contributed by atoms with Gasteiger partial charge in [0.2, 0.25) is 0 Å². The van der Waals surface area contributed by atoms with E-state index in [-0.39, 0.29) is 24.0 Å². The van der Waals surface area contributed by atoms with Crippen molar-refractivity contribution in [3.05, 3.63) is 137 Å². The molecule has 194 valence electrons. The molecule has 0 fully saturated rings. The molecule has 5 nitrogen and oxygen atoms in total. The third kappa shape index (κ3) is 4.59. The second-order valence-electron chi connectivity index (χ2n) is 9.83. The van der Waals surface area contributed by atoms with Crippen molar-refractivity contribution in [3.63, 3.8) is 0 Å². The van der Waals surface area contributed by atoms with Crippen LogP contribution in [-0.4, -0.2) is 18.8 Å². The summed E-state index contributed by atoms with van der Waals surface area (Å²) in [4.78, 5) is 29.9. The number of Topliss-reactive ketones (excluding diaryl/α,β-unsaturated/α-hetero) is 1. The van der Waals surface area contributed by atoms with Crippen LogP contribution < -0.4 is 15.0 Å². The van der Waals surface area contributed by atoms with Crippen molar-refractivity contribution in [1.29, 1.82) is 0 Å². The zero-order valence-corrected chi connectivity index (χ0v) is 21.4. The summed E-state index contributed by atoms with van der Waals surface area (Å²) in [5.41, 5.74) is 4.65. The van der Waals surface area contributed by atoms with Gasteiger partial charge in [-0.1, -0.05) is 54.6 Å². The van der Waals surface area contributed by atoms with Gasteiger partial charge < -0.3 is 10.1 Å². The normalized spacial score (nSPS) is 18.5. The molecule has 0 radical (unpaired) electrons. The molecule has 1 aliphatic heterocycles. The fraction of sp³-hybridized carbons (Fsp3) is 0.152. The number of amides is 1. The van der Waals surface area contributed by atoms with Crippen LogP contribution in [0, 0.1) is 5.82 Å². The molecule has 6 heteroatoms. The van der Waals surface area contributed by atoms with Crippen LogP contribution in [0.1, 0.15) is 46.3 Å². The quantitative estimate of drug-likeness (QED) is 0.315. The number of carbonyl (C=O) groups is 2. The van der Waals surface area contributed by atoms with Crippen LogP contribution in [0.15, 0.2) is 114 Å². The van der Waals surface area contributed by atoms with Gasteiger partial charge >= 0.3 is 0 Å². The van der Waals surface area contributed by atoms with Crippen LogP contribution in [0.5, 0.6) is 5.75 Å². The van der Waals surface area contributed by atoms with Gasteiger partial charge in [0, 0.05) is 23.3 Å². The van der Waals surface area contributed by atoms with Gasteiger partial charge in [-0.2, -0.15) is 0 Å². The molecule has 1 N–H and O–H groups in total. The molecule has 4 aromatic rings. The summed E-state index contributed by atoms with van der Waals surface area (Å²) in [6.07, 6.45) is 0.850. The summed E-state index contributed by atoms with van der Waals surface area (Å²) in [5.74, 6) is -0.0584. The molecule has 1 aliphatic carbocycles. The zero-order chi connectivity index (χ0) is 26.9. The van der Waals surface area contributed by atoms with E-state index < -0.39 is 11.9 Å². The van der Waals surface area contributed by atoms with Crippen LogP contribution in [0.2, 0.25) is 0 Å². The van der Waals surface area contributed by atoms with Gasteiger partial charge in [0.15, 0.2) is 5.78 Å². The van der Waals surface area contributed by atoms with Crippen LogP contribution in [0.3, 0.4) is 0 Å². The number of anilines is 2. The number of nitrogens with one attached hydrogen (secondary N) is 1. The molecule has 0 spiro atoms. The lowest BCUT2D eigenvalue weighted by molar-refractivity contribution is -0.116. The lowest BCUT2D eigenvalue weighted by Crippen LogP contribution is -2.38. The minimum Gasteiger partial charge on any atom is -0.497 e. The summed E-state index contributed by atoms with van der Waals surface area (Å²) < 4.78 is 19.9. The molecule has 2 unspecified atom stereocenters. The number of carbonyl (C=O) groups excluding carboxylic acids is 2. The third-order valence-corrected chi connectivity index (χ3v) is 7.48. The van der Waals surface area contributed by atoms with Crippen LogP contribution >= 0.6 is 0 Å². The number of hydrogen-bond acceptors (Lipinski definition) is 4. The van der Waals surface area contributed by atoms with E-state index >= 15 is 0 Å². The molecule has 0 saturated heterocycles. The highest BCUT2D eigenvalue weighted by molar-refractivity contribution is 6.12. The smallest absolute Gasteiger partial charge is 0.259 e. The highest BCUT2D eigenvalue weighted by atomic mass is 19.1. The Bertz CT molecular complexity index is 1580. The average molecular weight is 519 g/mol. The van der Waals surface area contributed by atoms with Crippen molar-refractivity contribution in [2.24, 2.45) is 0 Å². The number of fused-ring (bicyclic) bond motifs is 1. The maximum Gasteiger partial charge on any atom is 0.259 e. The molecular formula is C33H27FN2O3. The predicted molar refractivity (Wildman–Crippen MR) is 149 cm³/mol. The molecule has 0 bridgehead atoms. The molecule has 0 saturated carbocycles. The van der Waals surface area contributed by atoms with Crippen molar-refractivity contribution >= 4 is 23.1 Å². The van der Waals surface area contributed by atoms with Crippen molar-refractivity contribution in [2.45, 2.75) is 24.8 Å². The monoisotopic (exact) mass is 518 g/mol. The maximum atomic E-state index is 14.6.